The maximum atomic E-state index is 13.5. The lowest BCUT2D eigenvalue weighted by molar-refractivity contribution is -0.384. The van der Waals surface area contributed by atoms with Gasteiger partial charge in [-0.2, -0.15) is 26.3 Å². The number of carbonyl (C=O) groups is 1. The van der Waals surface area contributed by atoms with Crippen molar-refractivity contribution < 1.29 is 49.6 Å². The molecule has 15 heteroatoms. The second-order valence-electron chi connectivity index (χ2n) is 6.39. The Balaban J connectivity index is 2.07. The summed E-state index contributed by atoms with van der Waals surface area (Å²) in [5.41, 5.74) is -0.692. The van der Waals surface area contributed by atoms with Gasteiger partial charge in [0.15, 0.2) is 6.61 Å². The highest BCUT2D eigenvalue weighted by Gasteiger charge is 2.75. The maximum absolute atomic E-state index is 13.5. The molecule has 2 aromatic rings. The zero-order valence-electron chi connectivity index (χ0n) is 15.8. The average Bonchev–Trinajstić information content (AvgIpc) is 2.72. The molecule has 0 aliphatic heterocycles. The van der Waals surface area contributed by atoms with Gasteiger partial charge in [-0.3, -0.25) is 14.9 Å². The normalized spacial score (nSPS) is 12.5. The fourth-order valence-electron chi connectivity index (χ4n) is 2.28. The van der Waals surface area contributed by atoms with E-state index >= 15 is 0 Å². The Morgan fingerprint density at radius 3 is 2.15 bits per heavy atom. The van der Waals surface area contributed by atoms with E-state index in [0.29, 0.717) is 0 Å². The van der Waals surface area contributed by atoms with Crippen LogP contribution >= 0.6 is 11.6 Å². The molecule has 2 aromatic carbocycles. The number of rotatable bonds is 9. The van der Waals surface area contributed by atoms with Crippen LogP contribution in [0, 0.1) is 10.1 Å². The SMILES string of the molecule is O=C(Nc1ccc(OCC(F)(F)C(F)(F)C(F)(F)C(F)F)cc1)c1ccc(Cl)c([N+](=O)[O-])c1. The van der Waals surface area contributed by atoms with Gasteiger partial charge in [0.05, 0.1) is 4.92 Å². The molecule has 0 radical (unpaired) electrons. The van der Waals surface area contributed by atoms with Gasteiger partial charge in [-0.05, 0) is 36.4 Å². The van der Waals surface area contributed by atoms with Gasteiger partial charge in [0.2, 0.25) is 0 Å². The Hall–Kier alpha value is -3.16. The van der Waals surface area contributed by atoms with Crippen LogP contribution in [0.2, 0.25) is 5.02 Å². The Labute approximate surface area is 184 Å². The number of nitrogens with zero attached hydrogens (tertiary/aromatic N) is 1. The summed E-state index contributed by atoms with van der Waals surface area (Å²) in [5, 5.41) is 12.9. The van der Waals surface area contributed by atoms with Crippen molar-refractivity contribution in [3.05, 3.63) is 63.2 Å². The zero-order valence-corrected chi connectivity index (χ0v) is 16.6. The largest absolute Gasteiger partial charge is 0.487 e. The van der Waals surface area contributed by atoms with Gasteiger partial charge in [-0.25, -0.2) is 8.78 Å². The molecular weight excluding hydrogens is 496 g/mol. The summed E-state index contributed by atoms with van der Waals surface area (Å²) in [4.78, 5) is 22.2. The van der Waals surface area contributed by atoms with Crippen molar-refractivity contribution in [3.63, 3.8) is 0 Å². The van der Waals surface area contributed by atoms with Crippen LogP contribution in [0.25, 0.3) is 0 Å². The number of ether oxygens (including phenoxy) is 1. The van der Waals surface area contributed by atoms with Crippen LogP contribution in [0.1, 0.15) is 10.4 Å². The molecule has 0 fully saturated rings. The molecule has 6 nitrogen and oxygen atoms in total. The van der Waals surface area contributed by atoms with Crippen LogP contribution in [0.4, 0.5) is 46.5 Å². The highest BCUT2D eigenvalue weighted by molar-refractivity contribution is 6.32. The predicted molar refractivity (Wildman–Crippen MR) is 98.8 cm³/mol. The average molecular weight is 507 g/mol. The number of nitro groups is 1. The minimum atomic E-state index is -6.40. The smallest absolute Gasteiger partial charge is 0.381 e. The summed E-state index contributed by atoms with van der Waals surface area (Å²) in [6, 6.07) is 7.05. The molecule has 0 unspecified atom stereocenters. The minimum Gasteiger partial charge on any atom is -0.487 e. The van der Waals surface area contributed by atoms with Crippen molar-refractivity contribution in [2.24, 2.45) is 0 Å². The van der Waals surface area contributed by atoms with Gasteiger partial charge in [0.1, 0.15) is 10.8 Å². The third-order valence-electron chi connectivity index (χ3n) is 4.09. The van der Waals surface area contributed by atoms with Crippen molar-refractivity contribution in [1.29, 1.82) is 0 Å². The van der Waals surface area contributed by atoms with Crippen molar-refractivity contribution in [3.8, 4) is 5.75 Å². The minimum absolute atomic E-state index is 0.00581. The molecule has 2 rings (SSSR count). The van der Waals surface area contributed by atoms with Crippen molar-refractivity contribution in [2.45, 2.75) is 24.2 Å². The summed E-state index contributed by atoms with van der Waals surface area (Å²) in [6.45, 7) is -2.34. The molecule has 0 saturated heterocycles. The number of amides is 1. The molecule has 0 bridgehead atoms. The van der Waals surface area contributed by atoms with Crippen LogP contribution in [0.3, 0.4) is 0 Å². The number of carbonyl (C=O) groups excluding carboxylic acids is 1. The third kappa shape index (κ3) is 5.43. The first kappa shape index (κ1) is 26.1. The lowest BCUT2D eigenvalue weighted by Crippen LogP contribution is -2.59. The molecule has 0 atom stereocenters. The molecule has 180 valence electrons. The number of hydrogen-bond acceptors (Lipinski definition) is 4. The fourth-order valence-corrected chi connectivity index (χ4v) is 2.46. The first-order valence-corrected chi connectivity index (χ1v) is 8.87. The molecule has 0 aromatic heterocycles. The highest BCUT2D eigenvalue weighted by atomic mass is 35.5. The van der Waals surface area contributed by atoms with Crippen molar-refractivity contribution >= 4 is 28.9 Å². The Morgan fingerprint density at radius 1 is 1.06 bits per heavy atom. The summed E-state index contributed by atoms with van der Waals surface area (Å²) < 4.78 is 108. The topological polar surface area (TPSA) is 81.5 Å². The maximum Gasteiger partial charge on any atom is 0.381 e. The van der Waals surface area contributed by atoms with Gasteiger partial charge < -0.3 is 10.1 Å². The Bertz CT molecular complexity index is 1030. The van der Waals surface area contributed by atoms with Crippen molar-refractivity contribution in [1.82, 2.24) is 0 Å². The third-order valence-corrected chi connectivity index (χ3v) is 4.41. The molecule has 33 heavy (non-hydrogen) atoms. The molecule has 1 amide bonds. The summed E-state index contributed by atoms with van der Waals surface area (Å²) in [5.74, 6) is -19.7. The first-order valence-electron chi connectivity index (χ1n) is 8.50. The Morgan fingerprint density at radius 2 is 1.64 bits per heavy atom. The number of halogens is 9. The van der Waals surface area contributed by atoms with Gasteiger partial charge in [-0.15, -0.1) is 0 Å². The number of nitro benzene ring substituents is 1. The van der Waals surface area contributed by atoms with E-state index in [9.17, 15) is 50.0 Å². The number of nitrogens with one attached hydrogen (secondary N) is 1. The molecule has 0 aliphatic rings. The zero-order chi connectivity index (χ0) is 25.2. The summed E-state index contributed by atoms with van der Waals surface area (Å²) in [7, 11) is 0. The molecular formula is C18H11ClF8N2O4. The van der Waals surface area contributed by atoms with Gasteiger partial charge in [0, 0.05) is 17.3 Å². The monoisotopic (exact) mass is 506 g/mol. The van der Waals surface area contributed by atoms with Crippen LogP contribution in [-0.4, -0.2) is 41.6 Å². The van der Waals surface area contributed by atoms with E-state index in [1.807, 2.05) is 0 Å². The molecule has 0 heterocycles. The number of anilines is 1. The van der Waals surface area contributed by atoms with E-state index in [1.54, 1.807) is 0 Å². The second kappa shape index (κ2) is 9.37. The van der Waals surface area contributed by atoms with Crippen LogP contribution in [0.15, 0.2) is 42.5 Å². The van der Waals surface area contributed by atoms with Crippen LogP contribution < -0.4 is 10.1 Å². The Kier molecular flexibility index (Phi) is 7.41. The van der Waals surface area contributed by atoms with Gasteiger partial charge >= 0.3 is 24.2 Å². The number of benzene rings is 2. The van der Waals surface area contributed by atoms with E-state index in [1.165, 1.54) is 6.07 Å². The second-order valence-corrected chi connectivity index (χ2v) is 6.80. The van der Waals surface area contributed by atoms with E-state index in [4.69, 9.17) is 11.6 Å². The molecule has 0 spiro atoms. The van der Waals surface area contributed by atoms with Crippen LogP contribution in [0.5, 0.6) is 5.75 Å². The number of hydrogen-bond donors (Lipinski definition) is 1. The van der Waals surface area contributed by atoms with E-state index < -0.39 is 53.1 Å². The summed E-state index contributed by atoms with van der Waals surface area (Å²) >= 11 is 5.64. The van der Waals surface area contributed by atoms with Gasteiger partial charge in [-0.1, -0.05) is 11.6 Å². The molecule has 0 saturated carbocycles. The predicted octanol–water partition coefficient (Wildman–Crippen LogP) is 6.05. The lowest BCUT2D eigenvalue weighted by atomic mass is 10.1. The molecule has 1 N–H and O–H groups in total. The summed E-state index contributed by atoms with van der Waals surface area (Å²) in [6.07, 6.45) is -5.04. The van der Waals surface area contributed by atoms with E-state index in [2.05, 4.69) is 10.1 Å². The van der Waals surface area contributed by atoms with Crippen molar-refractivity contribution in [2.75, 3.05) is 11.9 Å². The standard InChI is InChI=1S/C18H11ClF8N2O4/c19-12-6-1-9(7-13(12)29(31)32)14(30)28-10-2-4-11(5-3-10)33-8-16(22,23)18(26,27)17(24,25)15(20)21/h1-7,15H,8H2,(H,28,30). The lowest BCUT2D eigenvalue weighted by Gasteiger charge is -2.32. The van der Waals surface area contributed by atoms with E-state index in [-0.39, 0.29) is 16.3 Å². The quantitative estimate of drug-likeness (QED) is 0.255. The molecule has 0 aliphatic carbocycles. The van der Waals surface area contributed by atoms with E-state index in [0.717, 1.165) is 36.4 Å². The first-order chi connectivity index (χ1) is 15.1. The highest BCUT2D eigenvalue weighted by Crippen LogP contribution is 2.48. The fraction of sp³-hybridized carbons (Fsp3) is 0.278. The van der Waals surface area contributed by atoms with Gasteiger partial charge in [0.25, 0.3) is 11.6 Å². The van der Waals surface area contributed by atoms with Crippen LogP contribution in [-0.2, 0) is 0 Å². The number of alkyl halides is 8.